The Morgan fingerprint density at radius 3 is 2.67 bits per heavy atom. The van der Waals surface area contributed by atoms with Gasteiger partial charge in [-0.25, -0.2) is 17.9 Å². The predicted octanol–water partition coefficient (Wildman–Crippen LogP) is 1.14. The third-order valence-corrected chi connectivity index (χ3v) is 3.00. The van der Waals surface area contributed by atoms with E-state index in [1.165, 1.54) is 12.1 Å². The molecule has 98 valence electrons. The minimum Gasteiger partial charge on any atom is -0.491 e. The lowest BCUT2D eigenvalue weighted by molar-refractivity contribution is 0.294. The highest BCUT2D eigenvalue weighted by Crippen LogP contribution is 2.18. The summed E-state index contributed by atoms with van der Waals surface area (Å²) < 4.78 is 39.7. The van der Waals surface area contributed by atoms with Crippen molar-refractivity contribution in [1.29, 1.82) is 5.26 Å². The van der Waals surface area contributed by atoms with Crippen LogP contribution in [0.5, 0.6) is 5.75 Å². The molecule has 7 heteroatoms. The van der Waals surface area contributed by atoms with Gasteiger partial charge in [-0.15, -0.1) is 0 Å². The summed E-state index contributed by atoms with van der Waals surface area (Å²) >= 11 is 0. The Bertz CT molecular complexity index is 552. The summed E-state index contributed by atoms with van der Waals surface area (Å²) in [7, 11) is -3.45. The number of ether oxygens (including phenoxy) is 1. The molecule has 0 unspecified atom stereocenters. The molecule has 0 atom stereocenters. The zero-order valence-electron chi connectivity index (χ0n) is 9.60. The highest BCUT2D eigenvalue weighted by molar-refractivity contribution is 7.89. The van der Waals surface area contributed by atoms with Gasteiger partial charge < -0.3 is 4.74 Å². The molecule has 1 aromatic rings. The predicted molar refractivity (Wildman–Crippen MR) is 63.8 cm³/mol. The number of nitrogens with two attached hydrogens (primary N) is 1. The van der Waals surface area contributed by atoms with Gasteiger partial charge in [-0.05, 0) is 31.0 Å². The molecule has 0 aromatic heterocycles. The van der Waals surface area contributed by atoms with E-state index < -0.39 is 15.8 Å². The van der Waals surface area contributed by atoms with Crippen molar-refractivity contribution in [2.45, 2.75) is 12.8 Å². The Hall–Kier alpha value is -1.65. The van der Waals surface area contributed by atoms with Crippen LogP contribution in [0, 0.1) is 17.1 Å². The molecular formula is C11H13FN2O3S. The lowest BCUT2D eigenvalue weighted by Gasteiger charge is -2.06. The van der Waals surface area contributed by atoms with Crippen LogP contribution in [-0.2, 0) is 10.0 Å². The summed E-state index contributed by atoms with van der Waals surface area (Å²) in [6, 6.07) is 5.71. The van der Waals surface area contributed by atoms with Crippen molar-refractivity contribution in [1.82, 2.24) is 0 Å². The highest BCUT2D eigenvalue weighted by atomic mass is 32.2. The summed E-state index contributed by atoms with van der Waals surface area (Å²) in [6.07, 6.45) is 0.812. The largest absolute Gasteiger partial charge is 0.491 e. The van der Waals surface area contributed by atoms with Crippen LogP contribution in [0.4, 0.5) is 4.39 Å². The molecule has 0 fully saturated rings. The maximum atomic E-state index is 13.3. The fraction of sp³-hybridized carbons (Fsp3) is 0.364. The Morgan fingerprint density at radius 2 is 2.11 bits per heavy atom. The van der Waals surface area contributed by atoms with E-state index in [9.17, 15) is 12.8 Å². The van der Waals surface area contributed by atoms with Gasteiger partial charge in [-0.2, -0.15) is 5.26 Å². The molecule has 1 rings (SSSR count). The summed E-state index contributed by atoms with van der Waals surface area (Å²) in [5.74, 6) is -0.684. The number of nitrogens with zero attached hydrogens (tertiary/aromatic N) is 1. The molecule has 1 aromatic carbocycles. The van der Waals surface area contributed by atoms with Crippen LogP contribution in [0.1, 0.15) is 18.4 Å². The van der Waals surface area contributed by atoms with Crippen LogP contribution >= 0.6 is 0 Å². The molecule has 0 saturated heterocycles. The fourth-order valence-electron chi connectivity index (χ4n) is 1.27. The van der Waals surface area contributed by atoms with Gasteiger partial charge >= 0.3 is 0 Å². The zero-order valence-corrected chi connectivity index (χ0v) is 10.4. The summed E-state index contributed by atoms with van der Waals surface area (Å²) in [5.41, 5.74) is 0.217. The fourth-order valence-corrected chi connectivity index (χ4v) is 1.88. The first-order valence-corrected chi connectivity index (χ1v) is 6.97. The summed E-state index contributed by atoms with van der Waals surface area (Å²) in [5, 5.41) is 13.4. The van der Waals surface area contributed by atoms with Crippen molar-refractivity contribution in [2.75, 3.05) is 12.4 Å². The molecule has 0 bridgehead atoms. The van der Waals surface area contributed by atoms with Gasteiger partial charge in [0.25, 0.3) is 0 Å². The highest BCUT2D eigenvalue weighted by Gasteiger charge is 2.05. The first-order chi connectivity index (χ1) is 8.42. The lowest BCUT2D eigenvalue weighted by atomic mass is 10.2. The van der Waals surface area contributed by atoms with Gasteiger partial charge in [0.05, 0.1) is 24.0 Å². The Labute approximate surface area is 105 Å². The second-order valence-corrected chi connectivity index (χ2v) is 5.41. The van der Waals surface area contributed by atoms with E-state index in [1.54, 1.807) is 0 Å². The average Bonchev–Trinajstić information content (AvgIpc) is 2.29. The third kappa shape index (κ3) is 5.12. The van der Waals surface area contributed by atoms with Crippen LogP contribution in [0.15, 0.2) is 18.2 Å². The number of sulfonamides is 1. The van der Waals surface area contributed by atoms with E-state index in [2.05, 4.69) is 0 Å². The molecule has 0 radical (unpaired) electrons. The molecule has 2 N–H and O–H groups in total. The van der Waals surface area contributed by atoms with E-state index in [1.807, 2.05) is 6.07 Å². The molecule has 0 amide bonds. The van der Waals surface area contributed by atoms with Crippen molar-refractivity contribution in [2.24, 2.45) is 5.14 Å². The van der Waals surface area contributed by atoms with Crippen molar-refractivity contribution in [3.8, 4) is 11.8 Å². The van der Waals surface area contributed by atoms with Gasteiger partial charge in [0, 0.05) is 0 Å². The number of benzene rings is 1. The van der Waals surface area contributed by atoms with Crippen LogP contribution in [-0.4, -0.2) is 20.8 Å². The Morgan fingerprint density at radius 1 is 1.39 bits per heavy atom. The molecule has 0 heterocycles. The maximum absolute atomic E-state index is 13.3. The lowest BCUT2D eigenvalue weighted by Crippen LogP contribution is -2.16. The smallest absolute Gasteiger partial charge is 0.209 e. The first kappa shape index (κ1) is 14.4. The van der Waals surface area contributed by atoms with Crippen LogP contribution in [0.2, 0.25) is 0 Å². The van der Waals surface area contributed by atoms with Crippen molar-refractivity contribution >= 4 is 10.0 Å². The Balaban J connectivity index is 2.39. The quantitative estimate of drug-likeness (QED) is 0.786. The second-order valence-electron chi connectivity index (χ2n) is 3.68. The molecule has 0 aliphatic carbocycles. The van der Waals surface area contributed by atoms with Gasteiger partial charge in [-0.1, -0.05) is 0 Å². The number of hydrogen-bond acceptors (Lipinski definition) is 4. The number of primary sulfonamides is 1. The monoisotopic (exact) mass is 272 g/mol. The number of halogens is 1. The van der Waals surface area contributed by atoms with Crippen molar-refractivity contribution < 1.29 is 17.5 Å². The van der Waals surface area contributed by atoms with E-state index in [0.29, 0.717) is 12.8 Å². The Kier molecular flexibility index (Phi) is 5.07. The number of nitriles is 1. The van der Waals surface area contributed by atoms with Crippen molar-refractivity contribution in [3.63, 3.8) is 0 Å². The van der Waals surface area contributed by atoms with E-state index in [-0.39, 0.29) is 23.7 Å². The first-order valence-electron chi connectivity index (χ1n) is 5.25. The van der Waals surface area contributed by atoms with E-state index in [4.69, 9.17) is 15.1 Å². The van der Waals surface area contributed by atoms with Gasteiger partial charge in [-0.3, -0.25) is 0 Å². The van der Waals surface area contributed by atoms with E-state index in [0.717, 1.165) is 6.07 Å². The molecule has 18 heavy (non-hydrogen) atoms. The normalized spacial score (nSPS) is 10.9. The molecular weight excluding hydrogens is 259 g/mol. The summed E-state index contributed by atoms with van der Waals surface area (Å²) in [6.45, 7) is 0.193. The van der Waals surface area contributed by atoms with Crippen LogP contribution < -0.4 is 9.88 Å². The minimum atomic E-state index is -3.45. The SMILES string of the molecule is N#Cc1ccc(OCCCCS(N)(=O)=O)c(F)c1. The number of unbranched alkanes of at least 4 members (excludes halogenated alkanes) is 1. The minimum absolute atomic E-state index is 0.0459. The molecule has 0 aliphatic rings. The number of hydrogen-bond donors (Lipinski definition) is 1. The third-order valence-electron chi connectivity index (χ3n) is 2.14. The molecule has 0 saturated carbocycles. The second kappa shape index (κ2) is 6.33. The van der Waals surface area contributed by atoms with Crippen LogP contribution in [0.25, 0.3) is 0 Å². The molecule has 0 spiro atoms. The molecule has 5 nitrogen and oxygen atoms in total. The van der Waals surface area contributed by atoms with Gasteiger partial charge in [0.2, 0.25) is 10.0 Å². The van der Waals surface area contributed by atoms with Gasteiger partial charge in [0.1, 0.15) is 0 Å². The molecule has 0 aliphatic heterocycles. The standard InChI is InChI=1S/C11H13FN2O3S/c12-10-7-9(8-13)3-4-11(10)17-5-1-2-6-18(14,15)16/h3-4,7H,1-2,5-6H2,(H2,14,15,16). The van der Waals surface area contributed by atoms with Gasteiger partial charge in [0.15, 0.2) is 11.6 Å². The van der Waals surface area contributed by atoms with Crippen molar-refractivity contribution in [3.05, 3.63) is 29.6 Å². The maximum Gasteiger partial charge on any atom is 0.209 e. The van der Waals surface area contributed by atoms with E-state index >= 15 is 0 Å². The zero-order chi connectivity index (χ0) is 13.6. The average molecular weight is 272 g/mol. The van der Waals surface area contributed by atoms with Crippen LogP contribution in [0.3, 0.4) is 0 Å². The summed E-state index contributed by atoms with van der Waals surface area (Å²) in [4.78, 5) is 0. The number of rotatable bonds is 6. The topological polar surface area (TPSA) is 93.2 Å².